The number of rotatable bonds is 2. The lowest BCUT2D eigenvalue weighted by Crippen LogP contribution is -2.17. The zero-order valence-electron chi connectivity index (χ0n) is 18.8. The zero-order valence-corrected chi connectivity index (χ0v) is 19.6. The van der Waals surface area contributed by atoms with Crippen molar-refractivity contribution in [1.82, 2.24) is 0 Å². The van der Waals surface area contributed by atoms with Crippen LogP contribution in [0, 0.1) is 0 Å². The summed E-state index contributed by atoms with van der Waals surface area (Å²) in [5, 5.41) is 14.0. The van der Waals surface area contributed by atoms with E-state index in [4.69, 9.17) is 0 Å². The fourth-order valence-corrected chi connectivity index (χ4v) is 6.36. The molecule has 0 amide bonds. The molecule has 0 radical (unpaired) electrons. The monoisotopic (exact) mass is 471 g/mol. The van der Waals surface area contributed by atoms with E-state index in [-0.39, 0.29) is 5.78 Å². The van der Waals surface area contributed by atoms with E-state index in [1.807, 2.05) is 48.5 Å². The van der Waals surface area contributed by atoms with Crippen LogP contribution in [0.2, 0.25) is 0 Å². The Labute approximate surface area is 207 Å². The Morgan fingerprint density at radius 1 is 0.800 bits per heavy atom. The zero-order chi connectivity index (χ0) is 23.5. The summed E-state index contributed by atoms with van der Waals surface area (Å²) < 4.78 is 0. The van der Waals surface area contributed by atoms with Gasteiger partial charge in [0.2, 0.25) is 0 Å². The number of aliphatic hydroxyl groups excluding tert-OH is 1. The van der Waals surface area contributed by atoms with Crippen LogP contribution in [-0.4, -0.2) is 10.9 Å². The van der Waals surface area contributed by atoms with E-state index in [1.165, 1.54) is 22.5 Å². The number of para-hydroxylation sites is 2. The molecule has 5 aromatic rings. The van der Waals surface area contributed by atoms with Crippen molar-refractivity contribution in [2.75, 3.05) is 4.90 Å². The van der Waals surface area contributed by atoms with Crippen LogP contribution in [-0.2, 0) is 6.42 Å². The summed E-state index contributed by atoms with van der Waals surface area (Å²) in [5.41, 5.74) is 6.70. The lowest BCUT2D eigenvalue weighted by Gasteiger charge is -2.32. The number of Topliss-reactive ketones (excluding diaryl/α,β-unsaturated/α-hetero) is 1. The number of benzene rings is 4. The maximum Gasteiger partial charge on any atom is 0.193 e. The SMILES string of the molecule is O=C1/C(=C/c2ccc(N3c4ccccc4Cc4ccccc43)s2)C(O)c2ccc3ccccc3c21. The van der Waals surface area contributed by atoms with Crippen LogP contribution in [0.1, 0.15) is 38.0 Å². The fourth-order valence-electron chi connectivity index (χ4n) is 5.37. The number of hydrogen-bond donors (Lipinski definition) is 1. The number of ketones is 1. The van der Waals surface area contributed by atoms with Crippen LogP contribution < -0.4 is 4.90 Å². The molecule has 35 heavy (non-hydrogen) atoms. The summed E-state index contributed by atoms with van der Waals surface area (Å²) >= 11 is 1.63. The van der Waals surface area contributed by atoms with Gasteiger partial charge < -0.3 is 10.0 Å². The Kier molecular flexibility index (Phi) is 4.53. The molecular weight excluding hydrogens is 450 g/mol. The Morgan fingerprint density at radius 3 is 2.26 bits per heavy atom. The molecule has 0 saturated carbocycles. The van der Waals surface area contributed by atoms with E-state index in [0.29, 0.717) is 16.7 Å². The first-order chi connectivity index (χ1) is 17.2. The van der Waals surface area contributed by atoms with Gasteiger partial charge >= 0.3 is 0 Å². The van der Waals surface area contributed by atoms with Gasteiger partial charge in [-0.05, 0) is 57.8 Å². The number of fused-ring (bicyclic) bond motifs is 5. The van der Waals surface area contributed by atoms with Crippen molar-refractivity contribution in [3.63, 3.8) is 0 Å². The summed E-state index contributed by atoms with van der Waals surface area (Å²) in [5.74, 6) is -0.0899. The van der Waals surface area contributed by atoms with E-state index in [9.17, 15) is 9.90 Å². The standard InChI is InChI=1S/C31H21NO2S/c33-30-24-15-13-19-7-1-4-10-23(19)29(24)31(34)25(30)18-22-14-16-28(35-22)32-26-11-5-2-8-20(26)17-21-9-3-6-12-27(21)32/h1-16,18,30,33H,17H2/b25-18+. The topological polar surface area (TPSA) is 40.5 Å². The second kappa shape index (κ2) is 7.77. The normalized spacial score (nSPS) is 17.5. The van der Waals surface area contributed by atoms with E-state index in [0.717, 1.165) is 27.1 Å². The smallest absolute Gasteiger partial charge is 0.193 e. The van der Waals surface area contributed by atoms with Crippen molar-refractivity contribution in [2.45, 2.75) is 12.5 Å². The lowest BCUT2D eigenvalue weighted by atomic mass is 9.96. The first-order valence-electron chi connectivity index (χ1n) is 11.7. The number of aliphatic hydroxyl groups is 1. The molecule has 1 aliphatic carbocycles. The molecule has 1 aromatic heterocycles. The summed E-state index contributed by atoms with van der Waals surface area (Å²) in [4.78, 5) is 16.7. The number of carbonyl (C=O) groups excluding carboxylic acids is 1. The highest BCUT2D eigenvalue weighted by Crippen LogP contribution is 2.47. The first-order valence-corrected chi connectivity index (χ1v) is 12.5. The summed E-state index contributed by atoms with van der Waals surface area (Å²) in [6, 6.07) is 32.9. The lowest BCUT2D eigenvalue weighted by molar-refractivity contribution is 0.102. The predicted octanol–water partition coefficient (Wildman–Crippen LogP) is 7.59. The molecule has 3 nitrogen and oxygen atoms in total. The van der Waals surface area contributed by atoms with Gasteiger partial charge in [-0.25, -0.2) is 0 Å². The van der Waals surface area contributed by atoms with E-state index in [2.05, 4.69) is 59.5 Å². The quantitative estimate of drug-likeness (QED) is 0.265. The van der Waals surface area contributed by atoms with Crippen molar-refractivity contribution in [2.24, 2.45) is 0 Å². The van der Waals surface area contributed by atoms with Crippen molar-refractivity contribution in [3.05, 3.63) is 130 Å². The second-order valence-corrected chi connectivity index (χ2v) is 10.1. The van der Waals surface area contributed by atoms with Crippen molar-refractivity contribution in [3.8, 4) is 0 Å². The van der Waals surface area contributed by atoms with Crippen LogP contribution in [0.4, 0.5) is 16.4 Å². The van der Waals surface area contributed by atoms with Crippen LogP contribution in [0.5, 0.6) is 0 Å². The van der Waals surface area contributed by atoms with Gasteiger partial charge in [-0.15, -0.1) is 11.3 Å². The average molecular weight is 472 g/mol. The minimum atomic E-state index is -0.913. The minimum absolute atomic E-state index is 0.0899. The number of hydrogen-bond acceptors (Lipinski definition) is 4. The van der Waals surface area contributed by atoms with Gasteiger partial charge in [0.05, 0.1) is 11.4 Å². The molecule has 1 unspecified atom stereocenters. The highest BCUT2D eigenvalue weighted by atomic mass is 32.1. The molecule has 0 fully saturated rings. The predicted molar refractivity (Wildman–Crippen MR) is 143 cm³/mol. The Morgan fingerprint density at radius 2 is 1.49 bits per heavy atom. The molecule has 2 heterocycles. The van der Waals surface area contributed by atoms with Gasteiger partial charge in [0.1, 0.15) is 11.1 Å². The minimum Gasteiger partial charge on any atom is -0.383 e. The van der Waals surface area contributed by atoms with Crippen LogP contribution >= 0.6 is 11.3 Å². The van der Waals surface area contributed by atoms with Gasteiger partial charge in [-0.1, -0.05) is 72.8 Å². The van der Waals surface area contributed by atoms with E-state index >= 15 is 0 Å². The summed E-state index contributed by atoms with van der Waals surface area (Å²) in [7, 11) is 0. The van der Waals surface area contributed by atoms with Crippen LogP contribution in [0.3, 0.4) is 0 Å². The number of anilines is 3. The van der Waals surface area contributed by atoms with Gasteiger partial charge in [-0.3, -0.25) is 4.79 Å². The number of nitrogens with zero attached hydrogens (tertiary/aromatic N) is 1. The maximum absolute atomic E-state index is 13.4. The van der Waals surface area contributed by atoms with Crippen molar-refractivity contribution >= 4 is 50.3 Å². The van der Waals surface area contributed by atoms with Gasteiger partial charge in [-0.2, -0.15) is 0 Å². The third-order valence-corrected chi connectivity index (χ3v) is 8.03. The molecule has 4 aromatic carbocycles. The molecule has 4 heteroatoms. The molecule has 1 N–H and O–H groups in total. The number of carbonyl (C=O) groups is 1. The highest BCUT2D eigenvalue weighted by Gasteiger charge is 2.35. The third kappa shape index (κ3) is 3.11. The Bertz CT molecular complexity index is 1630. The van der Waals surface area contributed by atoms with Crippen LogP contribution in [0.25, 0.3) is 16.8 Å². The molecule has 168 valence electrons. The molecule has 1 aliphatic heterocycles. The molecule has 0 spiro atoms. The average Bonchev–Trinajstić information content (AvgIpc) is 3.45. The molecule has 7 rings (SSSR count). The van der Waals surface area contributed by atoms with Gasteiger partial charge in [0.15, 0.2) is 5.78 Å². The molecule has 0 saturated heterocycles. The van der Waals surface area contributed by atoms with Gasteiger partial charge in [0.25, 0.3) is 0 Å². The third-order valence-electron chi connectivity index (χ3n) is 7.02. The Balaban J connectivity index is 1.31. The summed E-state index contributed by atoms with van der Waals surface area (Å²) in [6.45, 7) is 0. The Hall–Kier alpha value is -3.99. The second-order valence-electron chi connectivity index (χ2n) is 9.03. The van der Waals surface area contributed by atoms with Crippen molar-refractivity contribution < 1.29 is 9.90 Å². The molecular formula is C31H21NO2S. The molecule has 0 bridgehead atoms. The number of thiophene rings is 1. The maximum atomic E-state index is 13.4. The van der Waals surface area contributed by atoms with E-state index < -0.39 is 6.10 Å². The van der Waals surface area contributed by atoms with Gasteiger partial charge in [0, 0.05) is 22.4 Å². The first kappa shape index (κ1) is 20.4. The largest absolute Gasteiger partial charge is 0.383 e. The molecule has 1 atom stereocenters. The van der Waals surface area contributed by atoms with Crippen LogP contribution in [0.15, 0.2) is 103 Å². The summed E-state index contributed by atoms with van der Waals surface area (Å²) in [6.07, 6.45) is 1.86. The highest BCUT2D eigenvalue weighted by molar-refractivity contribution is 7.17. The van der Waals surface area contributed by atoms with Crippen molar-refractivity contribution in [1.29, 1.82) is 0 Å². The fraction of sp³-hybridized carbons (Fsp3) is 0.0645. The van der Waals surface area contributed by atoms with E-state index in [1.54, 1.807) is 11.3 Å². The molecule has 2 aliphatic rings.